The molecule has 0 saturated carbocycles. The fourth-order valence-electron chi connectivity index (χ4n) is 5.20. The van der Waals surface area contributed by atoms with E-state index >= 15 is 0 Å². The summed E-state index contributed by atoms with van der Waals surface area (Å²) in [5, 5.41) is 32.4. The van der Waals surface area contributed by atoms with Crippen molar-refractivity contribution in [2.45, 2.75) is 56.7 Å². The van der Waals surface area contributed by atoms with Gasteiger partial charge in [0.2, 0.25) is 5.91 Å². The Morgan fingerprint density at radius 2 is 2.09 bits per heavy atom. The van der Waals surface area contributed by atoms with E-state index in [2.05, 4.69) is 5.32 Å². The van der Waals surface area contributed by atoms with E-state index in [1.54, 1.807) is 23.3 Å². The van der Waals surface area contributed by atoms with E-state index in [1.165, 1.54) is 16.7 Å². The maximum absolute atomic E-state index is 12.5. The molecule has 1 aromatic rings. The number of aromatic nitrogens is 2. The number of carbonyl (C=O) groups is 3. The van der Waals surface area contributed by atoms with Gasteiger partial charge in [-0.2, -0.15) is 0 Å². The van der Waals surface area contributed by atoms with Crippen LogP contribution in [0.5, 0.6) is 0 Å². The maximum atomic E-state index is 12.5. The summed E-state index contributed by atoms with van der Waals surface area (Å²) in [6.07, 6.45) is 4.53. The lowest BCUT2D eigenvalue weighted by molar-refractivity contribution is -0.752. The monoisotopic (exact) mass is 465 g/mol. The number of aryl methyl sites for hydroxylation is 1. The van der Waals surface area contributed by atoms with Crippen molar-refractivity contribution in [3.63, 3.8) is 0 Å². The van der Waals surface area contributed by atoms with E-state index in [0.29, 0.717) is 4.91 Å². The minimum atomic E-state index is -1.10. The van der Waals surface area contributed by atoms with Crippen molar-refractivity contribution in [3.05, 3.63) is 28.6 Å². The number of fused-ring (bicyclic) bond motifs is 1. The quantitative estimate of drug-likeness (QED) is 0.300. The zero-order valence-corrected chi connectivity index (χ0v) is 19.1. The van der Waals surface area contributed by atoms with Gasteiger partial charge in [0.15, 0.2) is 19.8 Å². The van der Waals surface area contributed by atoms with Crippen molar-refractivity contribution >= 4 is 29.6 Å². The van der Waals surface area contributed by atoms with Gasteiger partial charge in [0.1, 0.15) is 5.70 Å². The summed E-state index contributed by atoms with van der Waals surface area (Å²) in [7, 11) is 1.81. The summed E-state index contributed by atoms with van der Waals surface area (Å²) in [5.74, 6) is -3.00. The molecule has 32 heavy (non-hydrogen) atoms. The second-order valence-corrected chi connectivity index (χ2v) is 10.3. The number of hydrogen-bond donors (Lipinski definition) is 4. The molecule has 0 aliphatic carbocycles. The summed E-state index contributed by atoms with van der Waals surface area (Å²) in [4.78, 5) is 37.5. The van der Waals surface area contributed by atoms with Gasteiger partial charge in [-0.3, -0.25) is 9.59 Å². The third-order valence-corrected chi connectivity index (χ3v) is 8.15. The first kappa shape index (κ1) is 22.8. The molecule has 0 spiro atoms. The van der Waals surface area contributed by atoms with E-state index in [9.17, 15) is 24.6 Å². The van der Waals surface area contributed by atoms with Crippen LogP contribution in [0.1, 0.15) is 25.8 Å². The van der Waals surface area contributed by atoms with E-state index in [0.717, 1.165) is 24.9 Å². The predicted molar refractivity (Wildman–Crippen MR) is 114 cm³/mol. The first-order valence-corrected chi connectivity index (χ1v) is 11.6. The highest BCUT2D eigenvalue weighted by atomic mass is 32.2. The second-order valence-electron chi connectivity index (χ2n) is 8.95. The fourth-order valence-corrected chi connectivity index (χ4v) is 6.72. The number of carboxylic acids is 2. The standard InChI is InChI=1S/C21H28N4O6S/c1-10-17-16(11(2)26)20(29)25(17)18(21(30)31)19(10)32-14-5-13(22-6-14)4-12-7-23(3)24(8-12)9-15(27)28/h7-8,10-11,13-14,16-17,22,26H,4-6,9H2,1-3H3,(H-,27,28,30,31)/p+1/t10-,11-,13-,14+,16-,17-/m1/s1. The average Bonchev–Trinajstić information content (AvgIpc) is 3.32. The van der Waals surface area contributed by atoms with Crippen molar-refractivity contribution in [3.8, 4) is 0 Å². The van der Waals surface area contributed by atoms with Crippen LogP contribution in [0.25, 0.3) is 0 Å². The third kappa shape index (κ3) is 3.93. The van der Waals surface area contributed by atoms with E-state index in [1.807, 2.05) is 19.3 Å². The SMILES string of the molecule is C[C@@H](O)[C@H]1C(=O)N2C(C(=O)O)=C(S[C@@H]3CN[C@H](Cc4cn(CC(=O)O)[n+](C)c4)C3)[C@H](C)[C@H]12. The van der Waals surface area contributed by atoms with Gasteiger partial charge in [-0.25, -0.2) is 4.79 Å². The van der Waals surface area contributed by atoms with Crippen LogP contribution in [-0.4, -0.2) is 72.7 Å². The van der Waals surface area contributed by atoms with E-state index in [-0.39, 0.29) is 41.4 Å². The fraction of sp³-hybridized carbons (Fsp3) is 0.619. The molecule has 4 N–H and O–H groups in total. The molecular weight excluding hydrogens is 436 g/mol. The van der Waals surface area contributed by atoms with Gasteiger partial charge in [-0.15, -0.1) is 21.1 Å². The molecule has 1 aromatic heterocycles. The maximum Gasteiger partial charge on any atom is 0.353 e. The Kier molecular flexibility index (Phi) is 6.08. The van der Waals surface area contributed by atoms with Crippen LogP contribution in [0.15, 0.2) is 23.0 Å². The van der Waals surface area contributed by atoms with Gasteiger partial charge in [0.25, 0.3) is 0 Å². The number of aliphatic hydroxyl groups is 1. The third-order valence-electron chi connectivity index (χ3n) is 6.64. The number of hydrogen-bond acceptors (Lipinski definition) is 6. The van der Waals surface area contributed by atoms with Crippen LogP contribution in [-0.2, 0) is 34.4 Å². The van der Waals surface area contributed by atoms with Crippen molar-refractivity contribution in [2.24, 2.45) is 18.9 Å². The Labute approximate surface area is 189 Å². The Hall–Kier alpha value is -2.37. The number of carbonyl (C=O) groups excluding carboxylic acids is 1. The molecule has 11 heteroatoms. The molecule has 0 radical (unpaired) electrons. The smallest absolute Gasteiger partial charge is 0.353 e. The number of nitrogens with zero attached hydrogens (tertiary/aromatic N) is 3. The van der Waals surface area contributed by atoms with E-state index < -0.39 is 24.0 Å². The van der Waals surface area contributed by atoms with Gasteiger partial charge in [0, 0.05) is 34.2 Å². The van der Waals surface area contributed by atoms with Gasteiger partial charge >= 0.3 is 11.9 Å². The Morgan fingerprint density at radius 1 is 1.38 bits per heavy atom. The lowest BCUT2D eigenvalue weighted by Gasteiger charge is -2.46. The minimum absolute atomic E-state index is 0.0654. The molecule has 174 valence electrons. The molecule has 0 unspecified atom stereocenters. The summed E-state index contributed by atoms with van der Waals surface area (Å²) in [6.45, 7) is 4.13. The van der Waals surface area contributed by atoms with Crippen LogP contribution in [0, 0.1) is 11.8 Å². The topological polar surface area (TPSA) is 136 Å². The van der Waals surface area contributed by atoms with Crippen LogP contribution < -0.4 is 10.00 Å². The molecular formula is C21H29N4O6S+. The van der Waals surface area contributed by atoms with Gasteiger partial charge < -0.3 is 25.5 Å². The number of nitrogens with one attached hydrogen (secondary N) is 1. The summed E-state index contributed by atoms with van der Waals surface area (Å²) >= 11 is 1.53. The number of amides is 1. The predicted octanol–water partition coefficient (Wildman–Crippen LogP) is -0.443. The minimum Gasteiger partial charge on any atom is -0.480 e. The molecule has 3 aliphatic heterocycles. The van der Waals surface area contributed by atoms with Crippen molar-refractivity contribution in [1.82, 2.24) is 14.9 Å². The molecule has 0 aromatic carbocycles. The van der Waals surface area contributed by atoms with Gasteiger partial charge in [-0.1, -0.05) is 6.92 Å². The van der Waals surface area contributed by atoms with Crippen molar-refractivity contribution in [2.75, 3.05) is 6.54 Å². The zero-order chi connectivity index (χ0) is 23.3. The first-order valence-electron chi connectivity index (χ1n) is 10.7. The molecule has 2 fully saturated rings. The number of thioether (sulfide) groups is 1. The van der Waals surface area contributed by atoms with Crippen LogP contribution in [0.2, 0.25) is 0 Å². The molecule has 10 nitrogen and oxygen atoms in total. The van der Waals surface area contributed by atoms with Crippen LogP contribution in [0.3, 0.4) is 0 Å². The van der Waals surface area contributed by atoms with Crippen LogP contribution in [0.4, 0.5) is 0 Å². The zero-order valence-electron chi connectivity index (χ0n) is 18.3. The lowest BCUT2D eigenvalue weighted by atomic mass is 9.79. The normalized spacial score (nSPS) is 30.4. The Morgan fingerprint density at radius 3 is 2.72 bits per heavy atom. The van der Waals surface area contributed by atoms with Crippen molar-refractivity contribution in [1.29, 1.82) is 0 Å². The molecule has 4 heterocycles. The first-order chi connectivity index (χ1) is 15.1. The lowest BCUT2D eigenvalue weighted by Crippen LogP contribution is -2.63. The second kappa shape index (κ2) is 8.53. The number of aliphatic carboxylic acids is 2. The molecule has 3 aliphatic rings. The number of carboxylic acid groups (broad SMARTS) is 2. The molecule has 4 rings (SSSR count). The molecule has 1 amide bonds. The molecule has 6 atom stereocenters. The van der Waals surface area contributed by atoms with Gasteiger partial charge in [-0.05, 0) is 19.8 Å². The number of β-lactam (4-membered cyclic amide) rings is 1. The number of aliphatic hydroxyl groups excluding tert-OH is 1. The Balaban J connectivity index is 1.43. The highest BCUT2D eigenvalue weighted by Crippen LogP contribution is 2.51. The van der Waals surface area contributed by atoms with Crippen LogP contribution >= 0.6 is 11.8 Å². The largest absolute Gasteiger partial charge is 0.480 e. The number of rotatable bonds is 8. The molecule has 2 saturated heterocycles. The summed E-state index contributed by atoms with van der Waals surface area (Å²) in [5.41, 5.74) is 1.10. The van der Waals surface area contributed by atoms with Gasteiger partial charge in [0.05, 0.1) is 24.3 Å². The Bertz CT molecular complexity index is 989. The highest BCUT2D eigenvalue weighted by Gasteiger charge is 2.60. The summed E-state index contributed by atoms with van der Waals surface area (Å²) < 4.78 is 3.40. The summed E-state index contributed by atoms with van der Waals surface area (Å²) in [6, 6.07) is -0.0992. The molecule has 0 bridgehead atoms. The van der Waals surface area contributed by atoms with E-state index in [4.69, 9.17) is 5.11 Å². The van der Waals surface area contributed by atoms with Crippen molar-refractivity contribution < 1.29 is 34.4 Å². The highest BCUT2D eigenvalue weighted by molar-refractivity contribution is 8.03. The average molecular weight is 466 g/mol.